The zero-order valence-corrected chi connectivity index (χ0v) is 26.3. The summed E-state index contributed by atoms with van der Waals surface area (Å²) < 4.78 is 13.3. The van der Waals surface area contributed by atoms with Gasteiger partial charge in [0.2, 0.25) is 0 Å². The zero-order chi connectivity index (χ0) is 30.9. The molecular formula is C36H41NO6S. The molecular weight excluding hydrogens is 574 g/mol. The minimum atomic E-state index is -1.34. The summed E-state index contributed by atoms with van der Waals surface area (Å²) in [5, 5.41) is 25.2. The lowest BCUT2D eigenvalue weighted by Crippen LogP contribution is -2.63. The molecule has 232 valence electrons. The Balaban J connectivity index is 1.13. The maximum absolute atomic E-state index is 13.8. The van der Waals surface area contributed by atoms with Gasteiger partial charge in [0.1, 0.15) is 6.61 Å². The van der Waals surface area contributed by atoms with Gasteiger partial charge in [-0.2, -0.15) is 0 Å². The van der Waals surface area contributed by atoms with Crippen LogP contribution in [0.1, 0.15) is 56.9 Å². The number of aliphatic hydroxyl groups is 2. The average molecular weight is 616 g/mol. The van der Waals surface area contributed by atoms with Crippen molar-refractivity contribution >= 4 is 29.0 Å². The second-order valence-electron chi connectivity index (χ2n) is 13.6. The highest BCUT2D eigenvalue weighted by molar-refractivity contribution is 7.98. The molecule has 0 radical (unpaired) electrons. The molecule has 44 heavy (non-hydrogen) atoms. The summed E-state index contributed by atoms with van der Waals surface area (Å²) in [6.07, 6.45) is 6.05. The van der Waals surface area contributed by atoms with Crippen LogP contribution < -0.4 is 5.32 Å². The molecule has 2 aromatic rings. The number of benzene rings is 2. The van der Waals surface area contributed by atoms with E-state index in [9.17, 15) is 19.8 Å². The quantitative estimate of drug-likeness (QED) is 0.345. The second-order valence-corrected chi connectivity index (χ2v) is 14.7. The summed E-state index contributed by atoms with van der Waals surface area (Å²) in [6.45, 7) is 3.56. The zero-order valence-electron chi connectivity index (χ0n) is 25.5. The number of aliphatic hydroxyl groups excluding tert-OH is 2. The minimum absolute atomic E-state index is 0.00731. The minimum Gasteiger partial charge on any atom is -0.393 e. The lowest BCUT2D eigenvalue weighted by atomic mass is 9.46. The highest BCUT2D eigenvalue weighted by atomic mass is 32.2. The van der Waals surface area contributed by atoms with E-state index in [0.717, 1.165) is 35.4 Å². The number of hydrogen-bond donors (Lipinski definition) is 3. The number of hydrogen-bond acceptors (Lipinski definition) is 8. The summed E-state index contributed by atoms with van der Waals surface area (Å²) in [7, 11) is 1.91. The van der Waals surface area contributed by atoms with E-state index in [1.807, 2.05) is 37.4 Å². The van der Waals surface area contributed by atoms with Crippen LogP contribution in [0.25, 0.3) is 0 Å². The van der Waals surface area contributed by atoms with Crippen LogP contribution in [0, 0.1) is 28.6 Å². The standard InChI is InChI=1S/C36H41NO6S/c1-34-14-13-25(39)15-23(34)11-12-27-28-17-31-36(30(41)19-38,35(28,2)18-29(40)32(27)34)43-33(42-31)22-9-7-21(8-10-22)20-44-26-6-4-5-24(16-26)37-3/h4-10,13-16,27-29,31-33,37-38,40H,11-12,17-20H2,1-3H3/t27-,28?,29-,31+,32+,33+,34-,35-,36+/m0/s1. The number of anilines is 1. The van der Waals surface area contributed by atoms with Gasteiger partial charge >= 0.3 is 0 Å². The van der Waals surface area contributed by atoms with Crippen LogP contribution in [0.3, 0.4) is 0 Å². The van der Waals surface area contributed by atoms with Crippen molar-refractivity contribution in [2.24, 2.45) is 28.6 Å². The van der Waals surface area contributed by atoms with E-state index < -0.39 is 41.5 Å². The topological polar surface area (TPSA) is 105 Å². The Morgan fingerprint density at radius 3 is 2.70 bits per heavy atom. The number of nitrogens with one attached hydrogen (secondary N) is 1. The fourth-order valence-corrected chi connectivity index (χ4v) is 10.4. The summed E-state index contributed by atoms with van der Waals surface area (Å²) in [5.41, 5.74) is 1.72. The number of fused-ring (bicyclic) bond motifs is 7. The molecule has 8 heteroatoms. The van der Waals surface area contributed by atoms with Gasteiger partial charge in [-0.25, -0.2) is 0 Å². The molecule has 0 spiro atoms. The first kappa shape index (κ1) is 29.9. The molecule has 3 saturated carbocycles. The molecule has 4 aliphatic carbocycles. The van der Waals surface area contributed by atoms with Gasteiger partial charge in [-0.1, -0.05) is 55.8 Å². The Kier molecular flexibility index (Phi) is 7.45. The number of carbonyl (C=O) groups excluding carboxylic acids is 2. The molecule has 9 atom stereocenters. The summed E-state index contributed by atoms with van der Waals surface area (Å²) in [5.74, 6) is 0.592. The Bertz CT molecular complexity index is 1540. The summed E-state index contributed by atoms with van der Waals surface area (Å²) in [6, 6.07) is 16.5. The van der Waals surface area contributed by atoms with E-state index in [1.54, 1.807) is 23.9 Å². The smallest absolute Gasteiger partial charge is 0.193 e. The first-order valence-corrected chi connectivity index (χ1v) is 16.7. The second kappa shape index (κ2) is 11.0. The molecule has 4 fully saturated rings. The van der Waals surface area contributed by atoms with Crippen LogP contribution in [0.4, 0.5) is 5.69 Å². The van der Waals surface area contributed by atoms with Crippen molar-refractivity contribution < 1.29 is 29.3 Å². The molecule has 7 nitrogen and oxygen atoms in total. The van der Waals surface area contributed by atoms with Crippen LogP contribution in [0.2, 0.25) is 0 Å². The monoisotopic (exact) mass is 615 g/mol. The lowest BCUT2D eigenvalue weighted by Gasteiger charge is -2.59. The number of ether oxygens (including phenoxy) is 2. The normalized spacial score (nSPS) is 38.8. The Hall–Kier alpha value is -2.75. The van der Waals surface area contributed by atoms with Crippen molar-refractivity contribution in [1.82, 2.24) is 0 Å². The Morgan fingerprint density at radius 2 is 1.95 bits per heavy atom. The van der Waals surface area contributed by atoms with E-state index in [1.165, 1.54) is 10.5 Å². The van der Waals surface area contributed by atoms with Gasteiger partial charge in [0.15, 0.2) is 23.5 Å². The number of rotatable bonds is 7. The molecule has 1 unspecified atom stereocenters. The number of ketones is 2. The molecule has 1 saturated heterocycles. The molecule has 2 aromatic carbocycles. The Labute approximate surface area is 263 Å². The molecule has 5 aliphatic rings. The third kappa shape index (κ3) is 4.40. The molecule has 7 rings (SSSR count). The largest absolute Gasteiger partial charge is 0.393 e. The van der Waals surface area contributed by atoms with Gasteiger partial charge in [-0.3, -0.25) is 9.59 Å². The van der Waals surface area contributed by atoms with Crippen LogP contribution in [-0.2, 0) is 24.8 Å². The number of carbonyl (C=O) groups is 2. The van der Waals surface area contributed by atoms with E-state index in [4.69, 9.17) is 9.47 Å². The predicted molar refractivity (Wildman–Crippen MR) is 169 cm³/mol. The fraction of sp³-hybridized carbons (Fsp3) is 0.500. The van der Waals surface area contributed by atoms with E-state index >= 15 is 0 Å². The first-order chi connectivity index (χ1) is 21.1. The van der Waals surface area contributed by atoms with Crippen LogP contribution in [0.15, 0.2) is 77.2 Å². The number of thioether (sulfide) groups is 1. The average Bonchev–Trinajstić information content (AvgIpc) is 3.53. The highest BCUT2D eigenvalue weighted by Gasteiger charge is 2.75. The Morgan fingerprint density at radius 1 is 1.16 bits per heavy atom. The third-order valence-electron chi connectivity index (χ3n) is 11.6. The lowest BCUT2D eigenvalue weighted by molar-refractivity contribution is -0.201. The van der Waals surface area contributed by atoms with Crippen molar-refractivity contribution in [3.63, 3.8) is 0 Å². The van der Waals surface area contributed by atoms with Crippen molar-refractivity contribution in [2.75, 3.05) is 19.0 Å². The van der Waals surface area contributed by atoms with Crippen molar-refractivity contribution in [2.45, 2.75) is 74.3 Å². The molecule has 1 heterocycles. The number of Topliss-reactive ketones (excluding diaryl/α,β-unsaturated/α-hetero) is 1. The molecule has 3 N–H and O–H groups in total. The van der Waals surface area contributed by atoms with Gasteiger partial charge in [-0.05, 0) is 73.4 Å². The van der Waals surface area contributed by atoms with Crippen LogP contribution in [0.5, 0.6) is 0 Å². The van der Waals surface area contributed by atoms with E-state index in [-0.39, 0.29) is 29.3 Å². The van der Waals surface area contributed by atoms with E-state index in [2.05, 4.69) is 43.4 Å². The molecule has 0 amide bonds. The van der Waals surface area contributed by atoms with Gasteiger partial charge in [0, 0.05) is 45.7 Å². The van der Waals surface area contributed by atoms with Gasteiger partial charge < -0.3 is 25.0 Å². The maximum Gasteiger partial charge on any atom is 0.193 e. The van der Waals surface area contributed by atoms with E-state index in [0.29, 0.717) is 12.8 Å². The van der Waals surface area contributed by atoms with Crippen molar-refractivity contribution in [1.29, 1.82) is 0 Å². The van der Waals surface area contributed by atoms with Crippen molar-refractivity contribution in [3.05, 3.63) is 83.5 Å². The maximum atomic E-state index is 13.8. The fourth-order valence-electron chi connectivity index (χ4n) is 9.51. The van der Waals surface area contributed by atoms with Crippen LogP contribution in [-0.4, -0.2) is 53.2 Å². The summed E-state index contributed by atoms with van der Waals surface area (Å²) >= 11 is 1.77. The van der Waals surface area contributed by atoms with Gasteiger partial charge in [0.25, 0.3) is 0 Å². The third-order valence-corrected chi connectivity index (χ3v) is 12.6. The summed E-state index contributed by atoms with van der Waals surface area (Å²) in [4.78, 5) is 27.1. The molecule has 1 aliphatic heterocycles. The van der Waals surface area contributed by atoms with Gasteiger partial charge in [-0.15, -0.1) is 11.8 Å². The van der Waals surface area contributed by atoms with Gasteiger partial charge in [0.05, 0.1) is 12.2 Å². The SMILES string of the molecule is CNc1cccc(SCc2ccc([C@@H]3O[C@@H]4CC5[C@@H]6CCC7=CC(=O)C=C[C@]7(C)[C@H]6[C@@H](O)C[C@]5(C)[C@]4(C(=O)CO)O3)cc2)c1. The highest BCUT2D eigenvalue weighted by Crippen LogP contribution is 2.70. The predicted octanol–water partition coefficient (Wildman–Crippen LogP) is 5.62. The van der Waals surface area contributed by atoms with Crippen LogP contribution >= 0.6 is 11.8 Å². The molecule has 0 aromatic heterocycles. The number of allylic oxidation sites excluding steroid dienone is 4. The van der Waals surface area contributed by atoms with Crippen molar-refractivity contribution in [3.8, 4) is 0 Å². The first-order valence-electron chi connectivity index (χ1n) is 15.7. The molecule has 0 bridgehead atoms.